The van der Waals surface area contributed by atoms with Crippen molar-refractivity contribution in [3.8, 4) is 5.69 Å². The van der Waals surface area contributed by atoms with Crippen molar-refractivity contribution in [2.45, 2.75) is 0 Å². The van der Waals surface area contributed by atoms with Crippen LogP contribution in [0.1, 0.15) is 10.5 Å². The number of para-hydroxylation sites is 1. The van der Waals surface area contributed by atoms with E-state index in [9.17, 15) is 9.59 Å². The molecule has 0 radical (unpaired) electrons. The maximum atomic E-state index is 11.5. The Morgan fingerprint density at radius 2 is 1.88 bits per heavy atom. The molecule has 0 unspecified atom stereocenters. The number of carboxylic acid groups (broad SMARTS) is 1. The number of carboxylic acids is 1. The van der Waals surface area contributed by atoms with E-state index < -0.39 is 11.7 Å². The summed E-state index contributed by atoms with van der Waals surface area (Å²) < 4.78 is 1.06. The van der Waals surface area contributed by atoms with Crippen molar-refractivity contribution in [1.29, 1.82) is 0 Å². The zero-order valence-electron chi connectivity index (χ0n) is 8.20. The summed E-state index contributed by atoms with van der Waals surface area (Å²) in [5.74, 6) is -1.16. The van der Waals surface area contributed by atoms with Crippen LogP contribution in [-0.2, 0) is 0 Å². The maximum Gasteiger partial charge on any atom is 0.353 e. The Bertz CT molecular complexity index is 575. The van der Waals surface area contributed by atoms with E-state index in [0.717, 1.165) is 4.57 Å². The van der Waals surface area contributed by atoms with E-state index in [1.54, 1.807) is 30.3 Å². The number of hydrogen-bond acceptors (Lipinski definition) is 3. The Balaban J connectivity index is 2.74. The summed E-state index contributed by atoms with van der Waals surface area (Å²) >= 11 is 0. The lowest BCUT2D eigenvalue weighted by molar-refractivity contribution is 0.0686. The molecular weight excluding hydrogens is 208 g/mol. The van der Waals surface area contributed by atoms with Crippen LogP contribution in [0.2, 0.25) is 0 Å². The van der Waals surface area contributed by atoms with E-state index in [1.165, 1.54) is 12.3 Å². The van der Waals surface area contributed by atoms with Gasteiger partial charge in [-0.3, -0.25) is 4.57 Å². The molecule has 5 heteroatoms. The van der Waals surface area contributed by atoms with Gasteiger partial charge in [-0.05, 0) is 18.2 Å². The van der Waals surface area contributed by atoms with Gasteiger partial charge in [0.05, 0.1) is 5.69 Å². The SMILES string of the molecule is O=C(O)c1ccnc(=O)n1-c1ccccc1. The van der Waals surface area contributed by atoms with Gasteiger partial charge in [-0.15, -0.1) is 0 Å². The number of nitrogens with zero attached hydrogens (tertiary/aromatic N) is 2. The van der Waals surface area contributed by atoms with Crippen molar-refractivity contribution >= 4 is 5.97 Å². The number of hydrogen-bond donors (Lipinski definition) is 1. The molecule has 0 spiro atoms. The summed E-state index contributed by atoms with van der Waals surface area (Å²) in [6, 6.07) is 9.81. The normalized spacial score (nSPS) is 10.0. The summed E-state index contributed by atoms with van der Waals surface area (Å²) in [5, 5.41) is 8.96. The molecule has 1 heterocycles. The lowest BCUT2D eigenvalue weighted by atomic mass is 10.3. The molecule has 80 valence electrons. The molecule has 0 aliphatic rings. The Kier molecular flexibility index (Phi) is 2.51. The molecule has 0 fully saturated rings. The highest BCUT2D eigenvalue weighted by molar-refractivity contribution is 5.86. The second-order valence-electron chi connectivity index (χ2n) is 3.09. The fraction of sp³-hybridized carbons (Fsp3) is 0. The third-order valence-corrected chi connectivity index (χ3v) is 2.08. The molecule has 1 aromatic carbocycles. The molecular formula is C11H8N2O3. The van der Waals surface area contributed by atoms with Crippen LogP contribution in [0, 0.1) is 0 Å². The van der Waals surface area contributed by atoms with Gasteiger partial charge in [-0.2, -0.15) is 0 Å². The summed E-state index contributed by atoms with van der Waals surface area (Å²) in [5.41, 5.74) is -0.227. The zero-order chi connectivity index (χ0) is 11.5. The predicted molar refractivity (Wildman–Crippen MR) is 56.8 cm³/mol. The van der Waals surface area contributed by atoms with Gasteiger partial charge in [-0.25, -0.2) is 14.6 Å². The van der Waals surface area contributed by atoms with Gasteiger partial charge in [0.1, 0.15) is 5.69 Å². The summed E-state index contributed by atoms with van der Waals surface area (Å²) in [4.78, 5) is 26.0. The van der Waals surface area contributed by atoms with Crippen LogP contribution >= 0.6 is 0 Å². The Labute approximate surface area is 90.6 Å². The van der Waals surface area contributed by atoms with E-state index in [4.69, 9.17) is 5.11 Å². The largest absolute Gasteiger partial charge is 0.477 e. The van der Waals surface area contributed by atoms with E-state index in [-0.39, 0.29) is 5.69 Å². The molecule has 5 nitrogen and oxygen atoms in total. The fourth-order valence-electron chi connectivity index (χ4n) is 1.40. The molecule has 16 heavy (non-hydrogen) atoms. The van der Waals surface area contributed by atoms with Crippen molar-refractivity contribution in [3.63, 3.8) is 0 Å². The molecule has 0 saturated carbocycles. The highest BCUT2D eigenvalue weighted by Gasteiger charge is 2.12. The van der Waals surface area contributed by atoms with Crippen LogP contribution in [-0.4, -0.2) is 20.6 Å². The van der Waals surface area contributed by atoms with E-state index in [1.807, 2.05) is 0 Å². The van der Waals surface area contributed by atoms with Crippen LogP contribution in [0.5, 0.6) is 0 Å². The second kappa shape index (κ2) is 3.98. The first kappa shape index (κ1) is 10.1. The van der Waals surface area contributed by atoms with Gasteiger partial charge in [0.15, 0.2) is 0 Å². The molecule has 0 saturated heterocycles. The Morgan fingerprint density at radius 3 is 2.50 bits per heavy atom. The smallest absolute Gasteiger partial charge is 0.353 e. The number of aromatic carboxylic acids is 1. The number of benzene rings is 1. The monoisotopic (exact) mass is 216 g/mol. The lowest BCUT2D eigenvalue weighted by Gasteiger charge is -2.07. The van der Waals surface area contributed by atoms with Crippen LogP contribution in [0.4, 0.5) is 0 Å². The van der Waals surface area contributed by atoms with Crippen molar-refractivity contribution in [2.75, 3.05) is 0 Å². The average molecular weight is 216 g/mol. The molecule has 0 aliphatic heterocycles. The number of aromatic nitrogens is 2. The summed E-state index contributed by atoms with van der Waals surface area (Å²) in [7, 11) is 0. The topological polar surface area (TPSA) is 72.2 Å². The van der Waals surface area contributed by atoms with Gasteiger partial charge in [0, 0.05) is 6.20 Å². The molecule has 1 aromatic heterocycles. The Morgan fingerprint density at radius 1 is 1.19 bits per heavy atom. The van der Waals surface area contributed by atoms with Crippen molar-refractivity contribution in [1.82, 2.24) is 9.55 Å². The standard InChI is InChI=1S/C11H8N2O3/c14-10(15)9-6-7-12-11(16)13(9)8-4-2-1-3-5-8/h1-7H,(H,14,15). The highest BCUT2D eigenvalue weighted by atomic mass is 16.4. The van der Waals surface area contributed by atoms with Crippen molar-refractivity contribution in [2.24, 2.45) is 0 Å². The zero-order valence-corrected chi connectivity index (χ0v) is 8.20. The third kappa shape index (κ3) is 1.70. The van der Waals surface area contributed by atoms with Gasteiger partial charge in [-0.1, -0.05) is 18.2 Å². The molecule has 2 aromatic rings. The predicted octanol–water partition coefficient (Wildman–Crippen LogP) is 0.931. The van der Waals surface area contributed by atoms with Gasteiger partial charge >= 0.3 is 11.7 Å². The minimum absolute atomic E-state index is 0.105. The molecule has 0 atom stereocenters. The highest BCUT2D eigenvalue weighted by Crippen LogP contribution is 2.07. The molecule has 0 amide bonds. The number of rotatable bonds is 2. The van der Waals surface area contributed by atoms with Crippen LogP contribution in [0.15, 0.2) is 47.4 Å². The first-order chi connectivity index (χ1) is 7.70. The van der Waals surface area contributed by atoms with E-state index in [2.05, 4.69) is 4.98 Å². The second-order valence-corrected chi connectivity index (χ2v) is 3.09. The summed E-state index contributed by atoms with van der Waals surface area (Å²) in [6.45, 7) is 0. The maximum absolute atomic E-state index is 11.5. The first-order valence-corrected chi connectivity index (χ1v) is 4.57. The van der Waals surface area contributed by atoms with Crippen LogP contribution in [0.25, 0.3) is 5.69 Å². The quantitative estimate of drug-likeness (QED) is 0.810. The number of carbonyl (C=O) groups is 1. The van der Waals surface area contributed by atoms with Gasteiger partial charge in [0.25, 0.3) is 0 Å². The lowest BCUT2D eigenvalue weighted by Crippen LogP contribution is -2.26. The van der Waals surface area contributed by atoms with Crippen LogP contribution in [0.3, 0.4) is 0 Å². The average Bonchev–Trinajstić information content (AvgIpc) is 2.29. The molecule has 1 N–H and O–H groups in total. The minimum Gasteiger partial charge on any atom is -0.477 e. The fourth-order valence-corrected chi connectivity index (χ4v) is 1.40. The van der Waals surface area contributed by atoms with E-state index >= 15 is 0 Å². The minimum atomic E-state index is -1.16. The van der Waals surface area contributed by atoms with Crippen molar-refractivity contribution < 1.29 is 9.90 Å². The van der Waals surface area contributed by atoms with Crippen LogP contribution < -0.4 is 5.69 Å². The first-order valence-electron chi connectivity index (χ1n) is 4.57. The molecule has 0 bridgehead atoms. The van der Waals surface area contributed by atoms with Gasteiger partial charge in [0.2, 0.25) is 0 Å². The molecule has 2 rings (SSSR count). The van der Waals surface area contributed by atoms with E-state index in [0.29, 0.717) is 5.69 Å². The third-order valence-electron chi connectivity index (χ3n) is 2.08. The van der Waals surface area contributed by atoms with Crippen molar-refractivity contribution in [3.05, 3.63) is 58.8 Å². The molecule has 0 aliphatic carbocycles. The summed E-state index contributed by atoms with van der Waals surface area (Å²) in [6.07, 6.45) is 1.19. The Hall–Kier alpha value is -2.43. The van der Waals surface area contributed by atoms with Gasteiger partial charge < -0.3 is 5.11 Å².